The summed E-state index contributed by atoms with van der Waals surface area (Å²) in [5, 5.41) is 12.7. The molecule has 0 bridgehead atoms. The molecule has 108 valence electrons. The molecule has 0 heterocycles. The van der Waals surface area contributed by atoms with E-state index in [1.165, 1.54) is 0 Å². The molecule has 0 aliphatic carbocycles. The van der Waals surface area contributed by atoms with E-state index in [2.05, 4.69) is 24.1 Å². The summed E-state index contributed by atoms with van der Waals surface area (Å²) in [5.74, 6) is -0.724. The molecule has 1 unspecified atom stereocenters. The van der Waals surface area contributed by atoms with Gasteiger partial charge in [0.1, 0.15) is 5.54 Å². The highest BCUT2D eigenvalue weighted by molar-refractivity contribution is 5.78. The van der Waals surface area contributed by atoms with Gasteiger partial charge in [-0.2, -0.15) is 0 Å². The number of carboxylic acids is 1. The van der Waals surface area contributed by atoms with Gasteiger partial charge >= 0.3 is 5.97 Å². The molecular formula is C14H30N2O2. The van der Waals surface area contributed by atoms with E-state index >= 15 is 0 Å². The van der Waals surface area contributed by atoms with E-state index in [4.69, 9.17) is 0 Å². The Balaban J connectivity index is 4.46. The molecule has 1 atom stereocenters. The number of hydrogen-bond acceptors (Lipinski definition) is 3. The predicted octanol–water partition coefficient (Wildman–Crippen LogP) is 2.34. The van der Waals surface area contributed by atoms with Crippen LogP contribution in [-0.4, -0.2) is 47.2 Å². The highest BCUT2D eigenvalue weighted by Crippen LogP contribution is 2.19. The highest BCUT2D eigenvalue weighted by Gasteiger charge is 2.36. The fourth-order valence-electron chi connectivity index (χ4n) is 2.37. The van der Waals surface area contributed by atoms with Crippen molar-refractivity contribution in [2.45, 2.75) is 65.5 Å². The molecule has 0 radical (unpaired) electrons. The number of carboxylic acid groups (broad SMARTS) is 1. The van der Waals surface area contributed by atoms with Crippen molar-refractivity contribution in [3.05, 3.63) is 0 Å². The Bertz CT molecular complexity index is 240. The van der Waals surface area contributed by atoms with Gasteiger partial charge in [0.2, 0.25) is 0 Å². The summed E-state index contributed by atoms with van der Waals surface area (Å²) in [6.07, 6.45) is 2.23. The summed E-state index contributed by atoms with van der Waals surface area (Å²) in [4.78, 5) is 13.9. The Hall–Kier alpha value is -0.610. The van der Waals surface area contributed by atoms with E-state index < -0.39 is 11.5 Å². The summed E-state index contributed by atoms with van der Waals surface area (Å²) >= 11 is 0. The SMILES string of the molecule is CCN(CC)CCCC(CC)(NC(C)C)C(=O)O. The average Bonchev–Trinajstić information content (AvgIpc) is 2.32. The van der Waals surface area contributed by atoms with Crippen LogP contribution in [0.2, 0.25) is 0 Å². The van der Waals surface area contributed by atoms with E-state index in [0.717, 1.165) is 26.1 Å². The summed E-state index contributed by atoms with van der Waals surface area (Å²) in [5.41, 5.74) is -0.763. The van der Waals surface area contributed by atoms with Gasteiger partial charge in [-0.3, -0.25) is 10.1 Å². The van der Waals surface area contributed by atoms with E-state index in [0.29, 0.717) is 12.8 Å². The second-order valence-electron chi connectivity index (χ2n) is 5.17. The first-order valence-corrected chi connectivity index (χ1v) is 7.15. The molecule has 0 amide bonds. The lowest BCUT2D eigenvalue weighted by atomic mass is 9.89. The van der Waals surface area contributed by atoms with Crippen molar-refractivity contribution in [3.63, 3.8) is 0 Å². The number of rotatable bonds is 10. The Morgan fingerprint density at radius 2 is 1.83 bits per heavy atom. The van der Waals surface area contributed by atoms with Crippen molar-refractivity contribution in [2.24, 2.45) is 0 Å². The molecule has 0 aromatic rings. The number of hydrogen-bond donors (Lipinski definition) is 2. The Morgan fingerprint density at radius 3 is 2.17 bits per heavy atom. The van der Waals surface area contributed by atoms with Gasteiger partial charge in [0, 0.05) is 6.04 Å². The van der Waals surface area contributed by atoms with E-state index in [-0.39, 0.29) is 6.04 Å². The first-order chi connectivity index (χ1) is 8.41. The molecule has 0 fully saturated rings. The zero-order valence-electron chi connectivity index (χ0n) is 12.6. The standard InChI is InChI=1S/C14H30N2O2/c1-6-14(13(17)18,15-12(4)5)10-9-11-16(7-2)8-3/h12,15H,6-11H2,1-5H3,(H,17,18). The smallest absolute Gasteiger partial charge is 0.323 e. The highest BCUT2D eigenvalue weighted by atomic mass is 16.4. The molecule has 2 N–H and O–H groups in total. The Kier molecular flexibility index (Phi) is 8.20. The van der Waals surface area contributed by atoms with Crippen LogP contribution in [0.3, 0.4) is 0 Å². The van der Waals surface area contributed by atoms with Crippen LogP contribution in [0.5, 0.6) is 0 Å². The normalized spacial score (nSPS) is 15.1. The maximum atomic E-state index is 11.5. The third-order valence-corrected chi connectivity index (χ3v) is 3.55. The number of aliphatic carboxylic acids is 1. The summed E-state index contributed by atoms with van der Waals surface area (Å²) < 4.78 is 0. The van der Waals surface area contributed by atoms with Crippen LogP contribution in [0.1, 0.15) is 53.9 Å². The molecule has 18 heavy (non-hydrogen) atoms. The van der Waals surface area contributed by atoms with Crippen LogP contribution in [0.15, 0.2) is 0 Å². The molecule has 4 heteroatoms. The molecule has 4 nitrogen and oxygen atoms in total. The van der Waals surface area contributed by atoms with Gasteiger partial charge in [-0.25, -0.2) is 0 Å². The van der Waals surface area contributed by atoms with Crippen molar-refractivity contribution in [1.29, 1.82) is 0 Å². The monoisotopic (exact) mass is 258 g/mol. The second kappa shape index (κ2) is 8.48. The first kappa shape index (κ1) is 17.4. The summed E-state index contributed by atoms with van der Waals surface area (Å²) in [6.45, 7) is 13.2. The lowest BCUT2D eigenvalue weighted by Crippen LogP contribution is -2.54. The molecule has 0 spiro atoms. The number of nitrogens with one attached hydrogen (secondary N) is 1. The molecule has 0 aliphatic rings. The van der Waals surface area contributed by atoms with Crippen LogP contribution in [-0.2, 0) is 4.79 Å². The molecule has 0 saturated heterocycles. The van der Waals surface area contributed by atoms with Gasteiger partial charge in [-0.15, -0.1) is 0 Å². The largest absolute Gasteiger partial charge is 0.480 e. The minimum atomic E-state index is -0.763. The third-order valence-electron chi connectivity index (χ3n) is 3.55. The Labute approximate surface area is 112 Å². The second-order valence-corrected chi connectivity index (χ2v) is 5.17. The molecular weight excluding hydrogens is 228 g/mol. The Morgan fingerprint density at radius 1 is 1.28 bits per heavy atom. The minimum Gasteiger partial charge on any atom is -0.480 e. The quantitative estimate of drug-likeness (QED) is 0.631. The first-order valence-electron chi connectivity index (χ1n) is 7.15. The van der Waals surface area contributed by atoms with Gasteiger partial charge in [-0.1, -0.05) is 20.8 Å². The molecule has 0 aromatic heterocycles. The maximum Gasteiger partial charge on any atom is 0.323 e. The molecule has 0 rings (SSSR count). The minimum absolute atomic E-state index is 0.189. The predicted molar refractivity (Wildman–Crippen MR) is 76.0 cm³/mol. The number of nitrogens with zero attached hydrogens (tertiary/aromatic N) is 1. The molecule has 0 aromatic carbocycles. The lowest BCUT2D eigenvalue weighted by Gasteiger charge is -2.32. The van der Waals surface area contributed by atoms with Gasteiger partial charge in [0.05, 0.1) is 0 Å². The fraction of sp³-hybridized carbons (Fsp3) is 0.929. The van der Waals surface area contributed by atoms with E-state index in [9.17, 15) is 9.90 Å². The van der Waals surface area contributed by atoms with E-state index in [1.54, 1.807) is 0 Å². The zero-order chi connectivity index (χ0) is 14.2. The van der Waals surface area contributed by atoms with Gasteiger partial charge in [-0.05, 0) is 52.7 Å². The van der Waals surface area contributed by atoms with Crippen molar-refractivity contribution in [2.75, 3.05) is 19.6 Å². The van der Waals surface area contributed by atoms with Crippen molar-refractivity contribution < 1.29 is 9.90 Å². The van der Waals surface area contributed by atoms with Gasteiger partial charge in [0.25, 0.3) is 0 Å². The average molecular weight is 258 g/mol. The van der Waals surface area contributed by atoms with Crippen molar-refractivity contribution in [1.82, 2.24) is 10.2 Å². The lowest BCUT2D eigenvalue weighted by molar-refractivity contribution is -0.145. The van der Waals surface area contributed by atoms with Crippen LogP contribution in [0, 0.1) is 0 Å². The van der Waals surface area contributed by atoms with Crippen LogP contribution < -0.4 is 5.32 Å². The summed E-state index contributed by atoms with van der Waals surface area (Å²) in [6, 6.07) is 0.189. The molecule has 0 aliphatic heterocycles. The van der Waals surface area contributed by atoms with Crippen LogP contribution >= 0.6 is 0 Å². The van der Waals surface area contributed by atoms with Crippen molar-refractivity contribution in [3.8, 4) is 0 Å². The molecule has 0 saturated carbocycles. The van der Waals surface area contributed by atoms with Crippen molar-refractivity contribution >= 4 is 5.97 Å². The van der Waals surface area contributed by atoms with Gasteiger partial charge in [0.15, 0.2) is 0 Å². The van der Waals surface area contributed by atoms with E-state index in [1.807, 2.05) is 20.8 Å². The summed E-state index contributed by atoms with van der Waals surface area (Å²) in [7, 11) is 0. The zero-order valence-corrected chi connectivity index (χ0v) is 12.6. The van der Waals surface area contributed by atoms with Gasteiger partial charge < -0.3 is 10.0 Å². The topological polar surface area (TPSA) is 52.6 Å². The van der Waals surface area contributed by atoms with Crippen LogP contribution in [0.25, 0.3) is 0 Å². The third kappa shape index (κ3) is 5.36. The maximum absolute atomic E-state index is 11.5. The number of carbonyl (C=O) groups is 1. The van der Waals surface area contributed by atoms with Crippen LogP contribution in [0.4, 0.5) is 0 Å². The fourth-order valence-corrected chi connectivity index (χ4v) is 2.37.